The minimum atomic E-state index is -0.332. The average Bonchev–Trinajstić information content (AvgIpc) is 3.21. The number of aryl methyl sites for hydroxylation is 2. The summed E-state index contributed by atoms with van der Waals surface area (Å²) in [5, 5.41) is 12.8. The molecule has 0 aliphatic heterocycles. The van der Waals surface area contributed by atoms with E-state index in [9.17, 15) is 5.26 Å². The Morgan fingerprint density at radius 1 is 1.29 bits per heavy atom. The molecule has 0 bridgehead atoms. The largest absolute Gasteiger partial charge is 0.297 e. The lowest BCUT2D eigenvalue weighted by molar-refractivity contribution is 0.412. The summed E-state index contributed by atoms with van der Waals surface area (Å²) in [7, 11) is 0. The van der Waals surface area contributed by atoms with E-state index in [0.717, 1.165) is 24.3 Å². The second-order valence-corrected chi connectivity index (χ2v) is 7.62. The summed E-state index contributed by atoms with van der Waals surface area (Å²) in [4.78, 5) is 0. The van der Waals surface area contributed by atoms with Gasteiger partial charge in [0.2, 0.25) is 0 Å². The van der Waals surface area contributed by atoms with Crippen LogP contribution in [0.5, 0.6) is 0 Å². The van der Waals surface area contributed by atoms with Gasteiger partial charge in [0.1, 0.15) is 5.54 Å². The Bertz CT molecular complexity index is 496. The van der Waals surface area contributed by atoms with Crippen molar-refractivity contribution < 1.29 is 0 Å². The van der Waals surface area contributed by atoms with Gasteiger partial charge in [0.25, 0.3) is 0 Å². The highest BCUT2D eigenvalue weighted by Gasteiger charge is 2.31. The van der Waals surface area contributed by atoms with E-state index in [2.05, 4.69) is 43.4 Å². The van der Waals surface area contributed by atoms with Crippen LogP contribution in [-0.2, 0) is 5.75 Å². The van der Waals surface area contributed by atoms with Gasteiger partial charge in [0.15, 0.2) is 0 Å². The quantitative estimate of drug-likeness (QED) is 0.725. The van der Waals surface area contributed by atoms with E-state index in [0.29, 0.717) is 6.04 Å². The first-order valence-electron chi connectivity index (χ1n) is 7.85. The minimum Gasteiger partial charge on any atom is -0.297 e. The standard InChI is InChI=1S/C18H26N2S/c1-14-9-15(2)11-16(10-14)12-21-8-4-7-18(3,13-19)20-17-5-6-17/h9-11,17,20H,4-8,12H2,1-3H3. The van der Waals surface area contributed by atoms with Gasteiger partial charge in [-0.1, -0.05) is 29.3 Å². The van der Waals surface area contributed by atoms with Crippen molar-refractivity contribution in [1.29, 1.82) is 5.26 Å². The molecule has 0 amide bonds. The van der Waals surface area contributed by atoms with Crippen LogP contribution in [0, 0.1) is 25.2 Å². The molecule has 0 aromatic heterocycles. The molecule has 1 aliphatic carbocycles. The molecule has 2 nitrogen and oxygen atoms in total. The molecule has 0 heterocycles. The highest BCUT2D eigenvalue weighted by Crippen LogP contribution is 2.25. The topological polar surface area (TPSA) is 35.8 Å². The molecule has 1 aromatic carbocycles. The Labute approximate surface area is 133 Å². The van der Waals surface area contributed by atoms with Crippen LogP contribution in [0.4, 0.5) is 0 Å². The van der Waals surface area contributed by atoms with Crippen molar-refractivity contribution >= 4 is 11.8 Å². The molecule has 1 saturated carbocycles. The Morgan fingerprint density at radius 2 is 1.95 bits per heavy atom. The maximum absolute atomic E-state index is 9.34. The number of hydrogen-bond donors (Lipinski definition) is 1. The van der Waals surface area contributed by atoms with Gasteiger partial charge in [0, 0.05) is 11.8 Å². The van der Waals surface area contributed by atoms with Crippen molar-refractivity contribution in [2.75, 3.05) is 5.75 Å². The third-order valence-corrected chi connectivity index (χ3v) is 4.98. The van der Waals surface area contributed by atoms with Gasteiger partial charge in [-0.3, -0.25) is 5.32 Å². The second-order valence-electron chi connectivity index (χ2n) is 6.51. The molecule has 1 N–H and O–H groups in total. The first kappa shape index (κ1) is 16.4. The molecular formula is C18H26N2S. The van der Waals surface area contributed by atoms with Gasteiger partial charge in [-0.05, 0) is 57.8 Å². The fourth-order valence-corrected chi connectivity index (χ4v) is 3.60. The smallest absolute Gasteiger partial charge is 0.104 e. The molecule has 2 rings (SSSR count). The Hall–Kier alpha value is -0.980. The maximum Gasteiger partial charge on any atom is 0.104 e. The second kappa shape index (κ2) is 7.33. The molecule has 3 heteroatoms. The lowest BCUT2D eigenvalue weighted by Gasteiger charge is -2.23. The zero-order chi connectivity index (χ0) is 15.3. The number of thioether (sulfide) groups is 1. The first-order chi connectivity index (χ1) is 10.0. The summed E-state index contributed by atoms with van der Waals surface area (Å²) in [5.41, 5.74) is 3.77. The zero-order valence-corrected chi connectivity index (χ0v) is 14.2. The van der Waals surface area contributed by atoms with E-state index in [1.807, 2.05) is 18.7 Å². The molecule has 1 unspecified atom stereocenters. The monoisotopic (exact) mass is 302 g/mol. The van der Waals surface area contributed by atoms with Gasteiger partial charge in [0.05, 0.1) is 6.07 Å². The Balaban J connectivity index is 1.68. The Morgan fingerprint density at radius 3 is 2.52 bits per heavy atom. The number of nitrogens with one attached hydrogen (secondary N) is 1. The van der Waals surface area contributed by atoms with Crippen LogP contribution >= 0.6 is 11.8 Å². The van der Waals surface area contributed by atoms with Gasteiger partial charge in [-0.2, -0.15) is 17.0 Å². The maximum atomic E-state index is 9.34. The van der Waals surface area contributed by atoms with Crippen LogP contribution < -0.4 is 5.32 Å². The highest BCUT2D eigenvalue weighted by molar-refractivity contribution is 7.98. The third-order valence-electron chi connectivity index (χ3n) is 3.86. The van der Waals surface area contributed by atoms with Gasteiger partial charge >= 0.3 is 0 Å². The summed E-state index contributed by atoms with van der Waals surface area (Å²) in [6, 6.07) is 9.81. The van der Waals surface area contributed by atoms with E-state index in [4.69, 9.17) is 0 Å². The fraction of sp³-hybridized carbons (Fsp3) is 0.611. The van der Waals surface area contributed by atoms with Crippen molar-refractivity contribution in [3.05, 3.63) is 34.9 Å². The summed E-state index contributed by atoms with van der Waals surface area (Å²) in [6.07, 6.45) is 4.51. The summed E-state index contributed by atoms with van der Waals surface area (Å²) in [6.45, 7) is 6.35. The van der Waals surface area contributed by atoms with Gasteiger partial charge in [-0.15, -0.1) is 0 Å². The zero-order valence-electron chi connectivity index (χ0n) is 13.4. The summed E-state index contributed by atoms with van der Waals surface area (Å²) < 4.78 is 0. The van der Waals surface area contributed by atoms with Crippen molar-refractivity contribution in [3.63, 3.8) is 0 Å². The van der Waals surface area contributed by atoms with Crippen molar-refractivity contribution in [2.45, 2.75) is 63.8 Å². The normalized spacial score (nSPS) is 17.2. The number of rotatable bonds is 8. The van der Waals surface area contributed by atoms with Crippen LogP contribution in [0.1, 0.15) is 49.3 Å². The lowest BCUT2D eigenvalue weighted by atomic mass is 9.98. The van der Waals surface area contributed by atoms with E-state index in [-0.39, 0.29) is 5.54 Å². The number of nitrogens with zero attached hydrogens (tertiary/aromatic N) is 1. The van der Waals surface area contributed by atoms with Crippen molar-refractivity contribution in [2.24, 2.45) is 0 Å². The van der Waals surface area contributed by atoms with E-state index >= 15 is 0 Å². The molecule has 114 valence electrons. The molecule has 1 aromatic rings. The van der Waals surface area contributed by atoms with Crippen LogP contribution in [0.15, 0.2) is 18.2 Å². The molecule has 21 heavy (non-hydrogen) atoms. The van der Waals surface area contributed by atoms with E-state index < -0.39 is 0 Å². The molecular weight excluding hydrogens is 276 g/mol. The summed E-state index contributed by atoms with van der Waals surface area (Å²) >= 11 is 1.97. The van der Waals surface area contributed by atoms with Crippen LogP contribution in [-0.4, -0.2) is 17.3 Å². The molecule has 1 fully saturated rings. The molecule has 1 aliphatic rings. The molecule has 0 saturated heterocycles. The predicted octanol–water partition coefficient (Wildman–Crippen LogP) is 4.35. The Kier molecular flexibility index (Phi) is 5.72. The van der Waals surface area contributed by atoms with E-state index in [1.165, 1.54) is 29.5 Å². The van der Waals surface area contributed by atoms with Crippen molar-refractivity contribution in [3.8, 4) is 6.07 Å². The molecule has 0 radical (unpaired) electrons. The SMILES string of the molecule is Cc1cc(C)cc(CSCCCC(C)(C#N)NC2CC2)c1. The first-order valence-corrected chi connectivity index (χ1v) is 9.00. The predicted molar refractivity (Wildman–Crippen MR) is 91.5 cm³/mol. The van der Waals surface area contributed by atoms with E-state index in [1.54, 1.807) is 0 Å². The number of nitriles is 1. The van der Waals surface area contributed by atoms with Gasteiger partial charge in [-0.25, -0.2) is 0 Å². The molecule has 1 atom stereocenters. The minimum absolute atomic E-state index is 0.332. The summed E-state index contributed by atoms with van der Waals surface area (Å²) in [5.74, 6) is 2.19. The lowest BCUT2D eigenvalue weighted by Crippen LogP contribution is -2.42. The van der Waals surface area contributed by atoms with Crippen molar-refractivity contribution in [1.82, 2.24) is 5.32 Å². The van der Waals surface area contributed by atoms with Crippen LogP contribution in [0.3, 0.4) is 0 Å². The molecule has 0 spiro atoms. The third kappa shape index (κ3) is 5.73. The fourth-order valence-electron chi connectivity index (χ4n) is 2.71. The van der Waals surface area contributed by atoms with Crippen LogP contribution in [0.25, 0.3) is 0 Å². The van der Waals surface area contributed by atoms with Gasteiger partial charge < -0.3 is 0 Å². The average molecular weight is 302 g/mol. The van der Waals surface area contributed by atoms with Crippen LogP contribution in [0.2, 0.25) is 0 Å². The number of hydrogen-bond acceptors (Lipinski definition) is 3. The number of benzene rings is 1. The highest BCUT2D eigenvalue weighted by atomic mass is 32.2.